The summed E-state index contributed by atoms with van der Waals surface area (Å²) >= 11 is 0. The number of hydrogen-bond donors (Lipinski definition) is 1. The molecule has 0 fully saturated rings. The van der Waals surface area contributed by atoms with Crippen molar-refractivity contribution in [1.29, 1.82) is 0 Å². The molecule has 0 radical (unpaired) electrons. The molecule has 0 aliphatic rings. The average molecular weight is 232 g/mol. The first-order chi connectivity index (χ1) is 7.88. The monoisotopic (exact) mass is 232 g/mol. The third-order valence-electron chi connectivity index (χ3n) is 2.37. The SMILES string of the molecule is Cn1cncc1-c1nc(N)nc(C(C)(C)C)n1. The summed E-state index contributed by atoms with van der Waals surface area (Å²) in [6.45, 7) is 6.11. The molecular formula is C11H16N6. The lowest BCUT2D eigenvalue weighted by molar-refractivity contribution is 0.543. The molecule has 2 N–H and O–H groups in total. The number of nitrogens with two attached hydrogens (primary N) is 1. The van der Waals surface area contributed by atoms with E-state index in [-0.39, 0.29) is 11.4 Å². The number of hydrogen-bond acceptors (Lipinski definition) is 5. The molecule has 2 rings (SSSR count). The first kappa shape index (κ1) is 11.5. The van der Waals surface area contributed by atoms with Crippen molar-refractivity contribution in [2.24, 2.45) is 7.05 Å². The Hall–Kier alpha value is -1.98. The molecule has 6 nitrogen and oxygen atoms in total. The fourth-order valence-electron chi connectivity index (χ4n) is 1.41. The molecule has 0 aliphatic carbocycles. The highest BCUT2D eigenvalue weighted by Gasteiger charge is 2.20. The molecule has 0 aromatic carbocycles. The van der Waals surface area contributed by atoms with E-state index < -0.39 is 0 Å². The van der Waals surface area contributed by atoms with Crippen molar-refractivity contribution in [3.05, 3.63) is 18.3 Å². The van der Waals surface area contributed by atoms with Crippen LogP contribution in [0.3, 0.4) is 0 Å². The van der Waals surface area contributed by atoms with E-state index in [1.165, 1.54) is 0 Å². The molecule has 0 saturated carbocycles. The number of nitrogens with zero attached hydrogens (tertiary/aromatic N) is 5. The fraction of sp³-hybridized carbons (Fsp3) is 0.455. The van der Waals surface area contributed by atoms with E-state index in [0.717, 1.165) is 5.69 Å². The number of aryl methyl sites for hydroxylation is 1. The van der Waals surface area contributed by atoms with Crippen LogP contribution in [-0.4, -0.2) is 24.5 Å². The first-order valence-electron chi connectivity index (χ1n) is 5.36. The molecule has 0 spiro atoms. The smallest absolute Gasteiger partial charge is 0.223 e. The summed E-state index contributed by atoms with van der Waals surface area (Å²) in [4.78, 5) is 16.8. The fourth-order valence-corrected chi connectivity index (χ4v) is 1.41. The lowest BCUT2D eigenvalue weighted by Crippen LogP contribution is -2.18. The molecule has 0 unspecified atom stereocenters. The van der Waals surface area contributed by atoms with E-state index in [2.05, 4.69) is 19.9 Å². The second kappa shape index (κ2) is 3.80. The summed E-state index contributed by atoms with van der Waals surface area (Å²) in [6, 6.07) is 0. The lowest BCUT2D eigenvalue weighted by Gasteiger charge is -2.17. The van der Waals surface area contributed by atoms with Crippen LogP contribution in [0.5, 0.6) is 0 Å². The van der Waals surface area contributed by atoms with E-state index >= 15 is 0 Å². The van der Waals surface area contributed by atoms with Gasteiger partial charge < -0.3 is 10.3 Å². The van der Waals surface area contributed by atoms with Gasteiger partial charge in [-0.25, -0.2) is 9.97 Å². The number of nitrogen functional groups attached to an aromatic ring is 1. The molecule has 0 atom stereocenters. The van der Waals surface area contributed by atoms with Gasteiger partial charge in [0.1, 0.15) is 11.5 Å². The van der Waals surface area contributed by atoms with Crippen LogP contribution in [-0.2, 0) is 12.5 Å². The molecule has 2 heterocycles. The Labute approximate surface area is 100.0 Å². The molecule has 0 aliphatic heterocycles. The van der Waals surface area contributed by atoms with Crippen LogP contribution in [0.4, 0.5) is 5.95 Å². The molecule has 0 bridgehead atoms. The van der Waals surface area contributed by atoms with Crippen molar-refractivity contribution in [3.63, 3.8) is 0 Å². The Balaban J connectivity index is 2.57. The van der Waals surface area contributed by atoms with Gasteiger partial charge in [0, 0.05) is 12.5 Å². The largest absolute Gasteiger partial charge is 0.368 e. The van der Waals surface area contributed by atoms with Crippen molar-refractivity contribution in [2.45, 2.75) is 26.2 Å². The summed E-state index contributed by atoms with van der Waals surface area (Å²) in [5, 5.41) is 0. The molecule has 90 valence electrons. The molecule has 0 saturated heterocycles. The van der Waals surface area contributed by atoms with Gasteiger partial charge in [0.2, 0.25) is 5.95 Å². The Morgan fingerprint density at radius 2 is 1.88 bits per heavy atom. The molecule has 6 heteroatoms. The van der Waals surface area contributed by atoms with Crippen LogP contribution in [0, 0.1) is 0 Å². The Kier molecular flexibility index (Phi) is 2.57. The van der Waals surface area contributed by atoms with Gasteiger partial charge in [-0.15, -0.1) is 0 Å². The third kappa shape index (κ3) is 2.25. The predicted octanol–water partition coefficient (Wildman–Crippen LogP) is 1.15. The van der Waals surface area contributed by atoms with Gasteiger partial charge in [0.25, 0.3) is 0 Å². The highest BCUT2D eigenvalue weighted by atomic mass is 15.1. The highest BCUT2D eigenvalue weighted by Crippen LogP contribution is 2.21. The summed E-state index contributed by atoms with van der Waals surface area (Å²) in [6.07, 6.45) is 3.41. The van der Waals surface area contributed by atoms with Gasteiger partial charge in [0.05, 0.1) is 12.5 Å². The van der Waals surface area contributed by atoms with E-state index in [0.29, 0.717) is 11.6 Å². The van der Waals surface area contributed by atoms with Crippen molar-refractivity contribution < 1.29 is 0 Å². The second-order valence-electron chi connectivity index (χ2n) is 4.98. The zero-order chi connectivity index (χ0) is 12.6. The quantitative estimate of drug-likeness (QED) is 0.797. The molecule has 2 aromatic heterocycles. The molecule has 17 heavy (non-hydrogen) atoms. The summed E-state index contributed by atoms with van der Waals surface area (Å²) < 4.78 is 1.85. The number of rotatable bonds is 1. The van der Waals surface area contributed by atoms with Crippen LogP contribution in [0.1, 0.15) is 26.6 Å². The summed E-state index contributed by atoms with van der Waals surface area (Å²) in [5.74, 6) is 1.48. The highest BCUT2D eigenvalue weighted by molar-refractivity contribution is 5.50. The number of aromatic nitrogens is 5. The maximum absolute atomic E-state index is 5.72. The van der Waals surface area contributed by atoms with E-state index in [9.17, 15) is 0 Å². The van der Waals surface area contributed by atoms with Gasteiger partial charge in [-0.1, -0.05) is 20.8 Å². The maximum atomic E-state index is 5.72. The minimum Gasteiger partial charge on any atom is -0.368 e. The molecule has 2 aromatic rings. The van der Waals surface area contributed by atoms with Crippen molar-refractivity contribution >= 4 is 5.95 Å². The van der Waals surface area contributed by atoms with Crippen LogP contribution in [0.25, 0.3) is 11.5 Å². The zero-order valence-electron chi connectivity index (χ0n) is 10.5. The van der Waals surface area contributed by atoms with Crippen molar-refractivity contribution in [2.75, 3.05) is 5.73 Å². The minimum absolute atomic E-state index is 0.162. The average Bonchev–Trinajstić information content (AvgIpc) is 2.62. The summed E-state index contributed by atoms with van der Waals surface area (Å²) in [5.41, 5.74) is 6.38. The second-order valence-corrected chi connectivity index (χ2v) is 4.98. The van der Waals surface area contributed by atoms with Gasteiger partial charge >= 0.3 is 0 Å². The normalized spacial score (nSPS) is 11.8. The Bertz CT molecular complexity index is 537. The molecule has 0 amide bonds. The van der Waals surface area contributed by atoms with Gasteiger partial charge in [-0.05, 0) is 0 Å². The lowest BCUT2D eigenvalue weighted by atomic mass is 9.96. The zero-order valence-corrected chi connectivity index (χ0v) is 10.5. The number of anilines is 1. The third-order valence-corrected chi connectivity index (χ3v) is 2.37. The minimum atomic E-state index is -0.162. The van der Waals surface area contributed by atoms with Crippen LogP contribution in [0.2, 0.25) is 0 Å². The van der Waals surface area contributed by atoms with Crippen LogP contribution >= 0.6 is 0 Å². The van der Waals surface area contributed by atoms with E-state index in [4.69, 9.17) is 5.73 Å². The Morgan fingerprint density at radius 1 is 1.18 bits per heavy atom. The first-order valence-corrected chi connectivity index (χ1v) is 5.36. The topological polar surface area (TPSA) is 82.5 Å². The summed E-state index contributed by atoms with van der Waals surface area (Å²) in [7, 11) is 1.89. The van der Waals surface area contributed by atoms with E-state index in [1.807, 2.05) is 32.4 Å². The van der Waals surface area contributed by atoms with Crippen molar-refractivity contribution in [3.8, 4) is 11.5 Å². The maximum Gasteiger partial charge on any atom is 0.223 e. The van der Waals surface area contributed by atoms with Gasteiger partial charge in [-0.2, -0.15) is 9.97 Å². The van der Waals surface area contributed by atoms with Gasteiger partial charge in [0.15, 0.2) is 5.82 Å². The van der Waals surface area contributed by atoms with E-state index in [1.54, 1.807) is 12.5 Å². The van der Waals surface area contributed by atoms with Crippen molar-refractivity contribution in [1.82, 2.24) is 24.5 Å². The number of imidazole rings is 1. The Morgan fingerprint density at radius 3 is 2.41 bits per heavy atom. The van der Waals surface area contributed by atoms with Gasteiger partial charge in [-0.3, -0.25) is 0 Å². The van der Waals surface area contributed by atoms with Crippen LogP contribution in [0.15, 0.2) is 12.5 Å². The molecular weight excluding hydrogens is 216 g/mol. The predicted molar refractivity (Wildman–Crippen MR) is 65.1 cm³/mol. The van der Waals surface area contributed by atoms with Crippen LogP contribution < -0.4 is 5.73 Å². The standard InChI is InChI=1S/C11H16N6/c1-11(2,3)9-14-8(15-10(12)16-9)7-5-13-6-17(7)4/h5-6H,1-4H3,(H2,12,14,15,16).